The molecule has 0 saturated heterocycles. The SMILES string of the molecule is C=C[C@H]1[C@H](C(=O)[Se]c2ccccc2)C1(C)C. The third kappa shape index (κ3) is 2.00. The van der Waals surface area contributed by atoms with Crippen molar-refractivity contribution in [2.75, 3.05) is 0 Å². The van der Waals surface area contributed by atoms with Gasteiger partial charge in [0.1, 0.15) is 0 Å². The molecule has 16 heavy (non-hydrogen) atoms. The fourth-order valence-corrected chi connectivity index (χ4v) is 4.55. The number of carbonyl (C=O) groups is 1. The Hall–Kier alpha value is -0.851. The van der Waals surface area contributed by atoms with E-state index in [4.69, 9.17) is 0 Å². The Morgan fingerprint density at radius 3 is 2.50 bits per heavy atom. The Morgan fingerprint density at radius 1 is 1.38 bits per heavy atom. The van der Waals surface area contributed by atoms with Gasteiger partial charge in [0.05, 0.1) is 0 Å². The summed E-state index contributed by atoms with van der Waals surface area (Å²) in [7, 11) is 0. The number of rotatable bonds is 4. The van der Waals surface area contributed by atoms with Gasteiger partial charge in [0.2, 0.25) is 0 Å². The van der Waals surface area contributed by atoms with Crippen LogP contribution in [0.5, 0.6) is 0 Å². The van der Waals surface area contributed by atoms with Crippen LogP contribution in [0.15, 0.2) is 43.0 Å². The van der Waals surface area contributed by atoms with Crippen molar-refractivity contribution in [3.8, 4) is 0 Å². The first-order valence-corrected chi connectivity index (χ1v) is 7.18. The monoisotopic (exact) mass is 280 g/mol. The standard InChI is InChI=1S/C14H16OSe/c1-4-11-12(14(11,2)3)13(15)16-10-8-6-5-7-9-10/h4-9,11-12H,1H2,2-3H3/t11-,12+/m0/s1. The summed E-state index contributed by atoms with van der Waals surface area (Å²) in [6, 6.07) is 10.0. The second-order valence-electron chi connectivity index (χ2n) is 4.79. The zero-order valence-electron chi connectivity index (χ0n) is 9.64. The fourth-order valence-electron chi connectivity index (χ4n) is 2.24. The van der Waals surface area contributed by atoms with Crippen molar-refractivity contribution in [3.63, 3.8) is 0 Å². The fraction of sp³-hybridized carbons (Fsp3) is 0.357. The van der Waals surface area contributed by atoms with Crippen molar-refractivity contribution in [2.24, 2.45) is 17.3 Å². The molecule has 0 heterocycles. The van der Waals surface area contributed by atoms with E-state index in [1.54, 1.807) is 0 Å². The molecule has 0 aliphatic heterocycles. The van der Waals surface area contributed by atoms with Gasteiger partial charge in [-0.25, -0.2) is 0 Å². The summed E-state index contributed by atoms with van der Waals surface area (Å²) >= 11 is -0.0407. The van der Waals surface area contributed by atoms with E-state index in [-0.39, 0.29) is 26.3 Å². The first kappa shape index (κ1) is 11.6. The zero-order valence-corrected chi connectivity index (χ0v) is 11.4. The van der Waals surface area contributed by atoms with Gasteiger partial charge < -0.3 is 0 Å². The van der Waals surface area contributed by atoms with Gasteiger partial charge in [0, 0.05) is 0 Å². The number of hydrogen-bond acceptors (Lipinski definition) is 1. The Morgan fingerprint density at radius 2 is 2.00 bits per heavy atom. The van der Waals surface area contributed by atoms with Gasteiger partial charge in [-0.05, 0) is 0 Å². The molecule has 2 heteroatoms. The molecule has 0 amide bonds. The molecule has 1 aromatic carbocycles. The minimum atomic E-state index is -0.0407. The summed E-state index contributed by atoms with van der Waals surface area (Å²) in [5.41, 5.74) is 0.134. The van der Waals surface area contributed by atoms with Gasteiger partial charge in [-0.3, -0.25) is 0 Å². The molecule has 1 aliphatic rings. The Labute approximate surface area is 103 Å². The first-order chi connectivity index (χ1) is 7.57. The molecule has 1 aliphatic carbocycles. The maximum absolute atomic E-state index is 12.1. The van der Waals surface area contributed by atoms with Crippen LogP contribution in [-0.2, 0) is 4.79 Å². The van der Waals surface area contributed by atoms with E-state index in [2.05, 4.69) is 20.4 Å². The van der Waals surface area contributed by atoms with Crippen LogP contribution in [-0.4, -0.2) is 19.6 Å². The summed E-state index contributed by atoms with van der Waals surface area (Å²) in [6.07, 6.45) is 1.93. The molecule has 2 rings (SSSR count). The summed E-state index contributed by atoms with van der Waals surface area (Å²) in [6.45, 7) is 8.12. The molecule has 0 bridgehead atoms. The maximum atomic E-state index is 12.1. The number of hydrogen-bond donors (Lipinski definition) is 0. The van der Waals surface area contributed by atoms with E-state index in [9.17, 15) is 4.79 Å². The van der Waals surface area contributed by atoms with E-state index >= 15 is 0 Å². The van der Waals surface area contributed by atoms with Gasteiger partial charge in [-0.2, -0.15) is 0 Å². The third-order valence-electron chi connectivity index (χ3n) is 3.38. The van der Waals surface area contributed by atoms with Crippen LogP contribution in [0.25, 0.3) is 0 Å². The molecule has 0 radical (unpaired) electrons. The van der Waals surface area contributed by atoms with Crippen LogP contribution in [0.4, 0.5) is 0 Å². The van der Waals surface area contributed by atoms with Crippen LogP contribution in [0.2, 0.25) is 0 Å². The molecule has 2 atom stereocenters. The van der Waals surface area contributed by atoms with Gasteiger partial charge in [-0.1, -0.05) is 0 Å². The van der Waals surface area contributed by atoms with Crippen molar-refractivity contribution in [1.29, 1.82) is 0 Å². The summed E-state index contributed by atoms with van der Waals surface area (Å²) in [5, 5.41) is 0. The van der Waals surface area contributed by atoms with Crippen molar-refractivity contribution in [1.82, 2.24) is 0 Å². The quantitative estimate of drug-likeness (QED) is 0.608. The molecule has 1 fully saturated rings. The van der Waals surface area contributed by atoms with E-state index < -0.39 is 0 Å². The molecule has 1 nitrogen and oxygen atoms in total. The predicted octanol–water partition coefficient (Wildman–Crippen LogP) is 2.00. The minimum absolute atomic E-state index is 0.0407. The molecule has 0 N–H and O–H groups in total. The summed E-state index contributed by atoms with van der Waals surface area (Å²) in [4.78, 5) is 12.1. The Kier molecular flexibility index (Phi) is 3.05. The van der Waals surface area contributed by atoms with Crippen molar-refractivity contribution >= 4 is 24.1 Å². The molecule has 0 aromatic heterocycles. The second-order valence-corrected chi connectivity index (χ2v) is 7.06. The molecule has 84 valence electrons. The van der Waals surface area contributed by atoms with E-state index in [1.165, 1.54) is 4.46 Å². The molecule has 1 aromatic rings. The van der Waals surface area contributed by atoms with Gasteiger partial charge in [0.15, 0.2) is 0 Å². The molecular weight excluding hydrogens is 263 g/mol. The van der Waals surface area contributed by atoms with Crippen molar-refractivity contribution in [3.05, 3.63) is 43.0 Å². The van der Waals surface area contributed by atoms with E-state index in [1.807, 2.05) is 36.4 Å². The summed E-state index contributed by atoms with van der Waals surface area (Å²) in [5.74, 6) is 0.579. The number of carbonyl (C=O) groups excluding carboxylic acids is 1. The van der Waals surface area contributed by atoms with Gasteiger partial charge in [0.25, 0.3) is 0 Å². The molecule has 0 spiro atoms. The number of allylic oxidation sites excluding steroid dienone is 1. The average molecular weight is 279 g/mol. The zero-order chi connectivity index (χ0) is 11.8. The summed E-state index contributed by atoms with van der Waals surface area (Å²) < 4.78 is 1.58. The second kappa shape index (κ2) is 4.20. The van der Waals surface area contributed by atoms with Gasteiger partial charge >= 0.3 is 103 Å². The normalized spacial score (nSPS) is 26.1. The number of benzene rings is 1. The van der Waals surface area contributed by atoms with Crippen molar-refractivity contribution in [2.45, 2.75) is 13.8 Å². The topological polar surface area (TPSA) is 17.1 Å². The molecule has 1 saturated carbocycles. The average Bonchev–Trinajstić information content (AvgIpc) is 2.82. The Bertz CT molecular complexity index is 408. The van der Waals surface area contributed by atoms with E-state index in [0.717, 1.165) is 0 Å². The third-order valence-corrected chi connectivity index (χ3v) is 5.40. The van der Waals surface area contributed by atoms with Crippen molar-refractivity contribution < 1.29 is 4.79 Å². The van der Waals surface area contributed by atoms with Crippen LogP contribution < -0.4 is 4.46 Å². The molecule has 0 unspecified atom stereocenters. The van der Waals surface area contributed by atoms with Crippen LogP contribution in [0, 0.1) is 17.3 Å². The van der Waals surface area contributed by atoms with Crippen LogP contribution in [0.1, 0.15) is 13.8 Å². The first-order valence-electron chi connectivity index (χ1n) is 5.46. The Balaban J connectivity index is 2.04. The van der Waals surface area contributed by atoms with E-state index in [0.29, 0.717) is 10.6 Å². The predicted molar refractivity (Wildman–Crippen MR) is 67.8 cm³/mol. The molecular formula is C14H16OSe. The van der Waals surface area contributed by atoms with Crippen LogP contribution >= 0.6 is 0 Å². The van der Waals surface area contributed by atoms with Crippen LogP contribution in [0.3, 0.4) is 0 Å². The van der Waals surface area contributed by atoms with Gasteiger partial charge in [-0.15, -0.1) is 0 Å².